The molecule has 0 unspecified atom stereocenters. The summed E-state index contributed by atoms with van der Waals surface area (Å²) in [6, 6.07) is 0. The second-order valence-electron chi connectivity index (χ2n) is 4.73. The molecule has 0 saturated heterocycles. The van der Waals surface area contributed by atoms with Crippen LogP contribution >= 0.6 is 0 Å². The number of hydrogen-bond donors (Lipinski definition) is 1. The normalized spacial score (nSPS) is 11.7. The van der Waals surface area contributed by atoms with Gasteiger partial charge in [0.1, 0.15) is 0 Å². The molecule has 0 bridgehead atoms. The number of unbranched alkanes of at least 4 members (excludes halogenated alkanes) is 3. The van der Waals surface area contributed by atoms with Gasteiger partial charge in [0, 0.05) is 0 Å². The van der Waals surface area contributed by atoms with E-state index in [2.05, 4.69) is 0 Å². The Morgan fingerprint density at radius 3 is 1.65 bits per heavy atom. The first-order valence-corrected chi connectivity index (χ1v) is 8.39. The zero-order valence-corrected chi connectivity index (χ0v) is 18.8. The summed E-state index contributed by atoms with van der Waals surface area (Å²) in [4.78, 5) is 22.1. The van der Waals surface area contributed by atoms with E-state index in [4.69, 9.17) is 4.55 Å². The SMILES string of the molecule is CCCCCCC(C(=O)[O-])=C(CCCS(=O)(=O)O)C(=O)[O-].[Na+].[Na+]. The summed E-state index contributed by atoms with van der Waals surface area (Å²) in [5.74, 6) is -3.88. The fourth-order valence-corrected chi connectivity index (χ4v) is 2.42. The van der Waals surface area contributed by atoms with Crippen LogP contribution in [-0.4, -0.2) is 30.7 Å². The number of carbonyl (C=O) groups excluding carboxylic acids is 2. The maximum atomic E-state index is 11.0. The summed E-state index contributed by atoms with van der Waals surface area (Å²) >= 11 is 0. The Hall–Kier alpha value is 0.590. The molecule has 0 spiro atoms. The number of hydrogen-bond acceptors (Lipinski definition) is 6. The fourth-order valence-electron chi connectivity index (χ4n) is 1.91. The third kappa shape index (κ3) is 14.6. The maximum absolute atomic E-state index is 11.0. The van der Waals surface area contributed by atoms with Gasteiger partial charge in [-0.2, -0.15) is 8.42 Å². The van der Waals surface area contributed by atoms with Crippen LogP contribution in [0.4, 0.5) is 0 Å². The molecule has 0 aromatic heterocycles. The molecule has 0 heterocycles. The van der Waals surface area contributed by atoms with E-state index in [1.807, 2.05) is 6.92 Å². The standard InChI is InChI=1S/C13H22O7S.2Na/c1-2-3-4-5-7-10(12(14)15)11(13(16)17)8-6-9-21(18,19)20;;/h2-9H2,1H3,(H,14,15)(H,16,17)(H,18,19,20);;/q;2*+1/p-2. The fraction of sp³-hybridized carbons (Fsp3) is 0.692. The van der Waals surface area contributed by atoms with Crippen LogP contribution in [0.15, 0.2) is 11.1 Å². The topological polar surface area (TPSA) is 135 Å². The van der Waals surface area contributed by atoms with E-state index in [9.17, 15) is 28.2 Å². The molecule has 0 aliphatic carbocycles. The predicted octanol–water partition coefficient (Wildman–Crippen LogP) is -6.57. The number of carboxylic acids is 2. The van der Waals surface area contributed by atoms with Crippen molar-refractivity contribution in [3.05, 3.63) is 11.1 Å². The number of carbonyl (C=O) groups is 2. The van der Waals surface area contributed by atoms with Crippen LogP contribution in [0, 0.1) is 0 Å². The van der Waals surface area contributed by atoms with E-state index in [1.54, 1.807) is 0 Å². The first kappa shape index (κ1) is 28.4. The molecule has 0 aliphatic heterocycles. The van der Waals surface area contributed by atoms with Crippen molar-refractivity contribution in [1.82, 2.24) is 0 Å². The molecule has 0 aromatic rings. The van der Waals surface area contributed by atoms with E-state index in [0.29, 0.717) is 6.42 Å². The zero-order chi connectivity index (χ0) is 16.5. The van der Waals surface area contributed by atoms with Crippen LogP contribution in [0.25, 0.3) is 0 Å². The average molecular weight is 366 g/mol. The average Bonchev–Trinajstić information content (AvgIpc) is 2.34. The first-order chi connectivity index (χ1) is 9.69. The van der Waals surface area contributed by atoms with Crippen molar-refractivity contribution in [1.29, 1.82) is 0 Å². The van der Waals surface area contributed by atoms with Crippen LogP contribution in [0.1, 0.15) is 51.9 Å². The van der Waals surface area contributed by atoms with Crippen LogP contribution in [0.2, 0.25) is 0 Å². The number of rotatable bonds is 11. The minimum atomic E-state index is -4.21. The minimum absolute atomic E-state index is 0. The van der Waals surface area contributed by atoms with Gasteiger partial charge in [-0.25, -0.2) is 0 Å². The summed E-state index contributed by atoms with van der Waals surface area (Å²) in [5.41, 5.74) is -0.823. The van der Waals surface area contributed by atoms with Crippen molar-refractivity contribution >= 4 is 22.1 Å². The van der Waals surface area contributed by atoms with E-state index >= 15 is 0 Å². The number of carboxylic acid groups (broad SMARTS) is 2. The van der Waals surface area contributed by atoms with Crippen molar-refractivity contribution in [2.45, 2.75) is 51.9 Å². The van der Waals surface area contributed by atoms with Crippen molar-refractivity contribution < 1.29 is 91.9 Å². The van der Waals surface area contributed by atoms with Gasteiger partial charge < -0.3 is 19.8 Å². The smallest absolute Gasteiger partial charge is 0.545 e. The largest absolute Gasteiger partial charge is 1.00 e. The molecule has 0 radical (unpaired) electrons. The van der Waals surface area contributed by atoms with Gasteiger partial charge in [-0.1, -0.05) is 26.2 Å². The molecule has 23 heavy (non-hydrogen) atoms. The van der Waals surface area contributed by atoms with Gasteiger partial charge in [0.15, 0.2) is 0 Å². The number of aliphatic carboxylic acids is 2. The van der Waals surface area contributed by atoms with Gasteiger partial charge in [-0.15, -0.1) is 0 Å². The van der Waals surface area contributed by atoms with Gasteiger partial charge in [0.2, 0.25) is 0 Å². The summed E-state index contributed by atoms with van der Waals surface area (Å²) < 4.78 is 29.7. The molecule has 1 N–H and O–H groups in total. The predicted molar refractivity (Wildman–Crippen MR) is 71.4 cm³/mol. The van der Waals surface area contributed by atoms with Gasteiger partial charge in [-0.3, -0.25) is 4.55 Å². The van der Waals surface area contributed by atoms with Crippen molar-refractivity contribution in [2.75, 3.05) is 5.75 Å². The molecule has 0 fully saturated rings. The molecule has 10 heteroatoms. The van der Waals surface area contributed by atoms with Crippen LogP contribution in [-0.2, 0) is 19.7 Å². The Kier molecular flexibility index (Phi) is 18.4. The van der Waals surface area contributed by atoms with E-state index < -0.39 is 33.4 Å². The summed E-state index contributed by atoms with van der Waals surface area (Å²) in [6.07, 6.45) is 2.66. The zero-order valence-electron chi connectivity index (χ0n) is 14.0. The molecule has 0 atom stereocenters. The molecule has 122 valence electrons. The Morgan fingerprint density at radius 1 is 0.870 bits per heavy atom. The minimum Gasteiger partial charge on any atom is -0.545 e. The van der Waals surface area contributed by atoms with Gasteiger partial charge in [0.05, 0.1) is 17.7 Å². The summed E-state index contributed by atoms with van der Waals surface area (Å²) in [7, 11) is -4.21. The molecule has 0 amide bonds. The van der Waals surface area contributed by atoms with Gasteiger partial charge in [0.25, 0.3) is 10.1 Å². The van der Waals surface area contributed by atoms with Crippen LogP contribution in [0.5, 0.6) is 0 Å². The summed E-state index contributed by atoms with van der Waals surface area (Å²) in [5, 5.41) is 22.1. The van der Waals surface area contributed by atoms with Crippen LogP contribution < -0.4 is 69.3 Å². The van der Waals surface area contributed by atoms with Crippen LogP contribution in [0.3, 0.4) is 0 Å². The van der Waals surface area contributed by atoms with E-state index in [-0.39, 0.29) is 84.0 Å². The summed E-state index contributed by atoms with van der Waals surface area (Å²) in [6.45, 7) is 1.98. The monoisotopic (exact) mass is 366 g/mol. The molecular formula is C13H20Na2O7S. The second-order valence-corrected chi connectivity index (χ2v) is 6.30. The first-order valence-electron chi connectivity index (χ1n) is 6.79. The quantitative estimate of drug-likeness (QED) is 0.166. The van der Waals surface area contributed by atoms with Gasteiger partial charge in [-0.05, 0) is 36.8 Å². The third-order valence-corrected chi connectivity index (χ3v) is 3.77. The van der Waals surface area contributed by atoms with Crippen molar-refractivity contribution in [2.24, 2.45) is 0 Å². The van der Waals surface area contributed by atoms with Gasteiger partial charge >= 0.3 is 59.1 Å². The molecule has 0 aromatic carbocycles. The van der Waals surface area contributed by atoms with Crippen molar-refractivity contribution in [3.63, 3.8) is 0 Å². The molecule has 0 aliphatic rings. The Balaban J connectivity index is -0.00000200. The Bertz CT molecular complexity index is 500. The van der Waals surface area contributed by atoms with E-state index in [1.165, 1.54) is 0 Å². The molecule has 7 nitrogen and oxygen atoms in total. The van der Waals surface area contributed by atoms with E-state index in [0.717, 1.165) is 19.3 Å². The third-order valence-electron chi connectivity index (χ3n) is 2.97. The Morgan fingerprint density at radius 2 is 1.30 bits per heavy atom. The Labute approximate surface area is 181 Å². The maximum Gasteiger partial charge on any atom is 1.00 e. The molecule has 0 rings (SSSR count). The second kappa shape index (κ2) is 14.9. The molecule has 0 saturated carbocycles. The van der Waals surface area contributed by atoms with Crippen molar-refractivity contribution in [3.8, 4) is 0 Å². The molecular weight excluding hydrogens is 346 g/mol.